The van der Waals surface area contributed by atoms with Gasteiger partial charge in [0.2, 0.25) is 9.84 Å². The first-order chi connectivity index (χ1) is 12.5. The van der Waals surface area contributed by atoms with Gasteiger partial charge in [0.15, 0.2) is 0 Å². The number of hydrogen-bond acceptors (Lipinski definition) is 4. The zero-order valence-corrected chi connectivity index (χ0v) is 14.4. The van der Waals surface area contributed by atoms with E-state index in [9.17, 15) is 26.4 Å². The number of halogens is 3. The summed E-state index contributed by atoms with van der Waals surface area (Å²) in [5, 5.41) is 3.59. The first-order valence-electron chi connectivity index (χ1n) is 7.49. The number of ether oxygens (including phenoxy) is 1. The Labute approximate surface area is 152 Å². The number of fused-ring (bicyclic) bond motifs is 1. The number of nitrogens with one attached hydrogen (secondary N) is 1. The van der Waals surface area contributed by atoms with E-state index in [1.807, 2.05) is 0 Å². The Morgan fingerprint density at radius 2 is 1.74 bits per heavy atom. The Hall–Kier alpha value is -3.07. The molecular formula is C18H12F3NO4S. The number of rotatable bonds is 4. The largest absolute Gasteiger partial charge is 0.573 e. The first kappa shape index (κ1) is 18.7. The number of amides is 1. The summed E-state index contributed by atoms with van der Waals surface area (Å²) in [7, 11) is -3.52. The van der Waals surface area contributed by atoms with Gasteiger partial charge in [-0.1, -0.05) is 24.8 Å². The Kier molecular flexibility index (Phi) is 4.56. The van der Waals surface area contributed by atoms with Crippen molar-refractivity contribution in [2.24, 2.45) is 0 Å². The molecule has 27 heavy (non-hydrogen) atoms. The lowest BCUT2D eigenvalue weighted by Gasteiger charge is -2.11. The minimum absolute atomic E-state index is 0.00459. The average molecular weight is 395 g/mol. The minimum atomic E-state index is -4.81. The molecule has 0 saturated heterocycles. The number of carbonyl (C=O) groups is 1. The fraction of sp³-hybridized carbons (Fsp3) is 0.0556. The summed E-state index contributed by atoms with van der Waals surface area (Å²) in [6.07, 6.45) is -3.35. The lowest BCUT2D eigenvalue weighted by molar-refractivity contribution is -0.274. The molecule has 0 atom stereocenters. The molecule has 0 aliphatic carbocycles. The van der Waals surface area contributed by atoms with Gasteiger partial charge in [0, 0.05) is 16.7 Å². The topological polar surface area (TPSA) is 72.5 Å². The van der Waals surface area contributed by atoms with Gasteiger partial charge in [-0.05, 0) is 41.5 Å². The van der Waals surface area contributed by atoms with Crippen LogP contribution in [0.2, 0.25) is 0 Å². The second-order valence-electron chi connectivity index (χ2n) is 5.61. The maximum Gasteiger partial charge on any atom is 0.573 e. The van der Waals surface area contributed by atoms with Gasteiger partial charge >= 0.3 is 6.36 Å². The lowest BCUT2D eigenvalue weighted by atomic mass is 10.1. The van der Waals surface area contributed by atoms with E-state index < -0.39 is 27.9 Å². The van der Waals surface area contributed by atoms with E-state index in [2.05, 4.69) is 16.6 Å². The van der Waals surface area contributed by atoms with Gasteiger partial charge in [-0.3, -0.25) is 4.79 Å². The molecule has 9 heteroatoms. The molecule has 0 unspecified atom stereocenters. The second kappa shape index (κ2) is 6.58. The monoisotopic (exact) mass is 395 g/mol. The van der Waals surface area contributed by atoms with Crippen LogP contribution in [0.3, 0.4) is 0 Å². The quantitative estimate of drug-likeness (QED) is 0.795. The van der Waals surface area contributed by atoms with Crippen molar-refractivity contribution >= 4 is 33.1 Å². The van der Waals surface area contributed by atoms with Gasteiger partial charge in [0.1, 0.15) is 5.75 Å². The molecule has 0 saturated carbocycles. The van der Waals surface area contributed by atoms with Gasteiger partial charge in [0.05, 0.1) is 4.90 Å². The molecule has 5 nitrogen and oxygen atoms in total. The highest BCUT2D eigenvalue weighted by Gasteiger charge is 2.31. The van der Waals surface area contributed by atoms with Crippen LogP contribution in [-0.2, 0) is 14.6 Å². The van der Waals surface area contributed by atoms with Gasteiger partial charge < -0.3 is 10.1 Å². The normalized spacial score (nSPS) is 14.5. The highest BCUT2D eigenvalue weighted by Crippen LogP contribution is 2.30. The Morgan fingerprint density at radius 1 is 1.07 bits per heavy atom. The third kappa shape index (κ3) is 4.20. The van der Waals surface area contributed by atoms with E-state index in [1.54, 1.807) is 6.07 Å². The van der Waals surface area contributed by atoms with Crippen molar-refractivity contribution in [3.8, 4) is 5.75 Å². The number of benzene rings is 2. The summed E-state index contributed by atoms with van der Waals surface area (Å²) in [6.45, 7) is 3.62. The van der Waals surface area contributed by atoms with Crippen LogP contribution in [0.4, 0.5) is 18.9 Å². The molecular weight excluding hydrogens is 383 g/mol. The molecule has 2 aromatic rings. The van der Waals surface area contributed by atoms with E-state index >= 15 is 0 Å². The summed E-state index contributed by atoms with van der Waals surface area (Å²) < 4.78 is 64.0. The Morgan fingerprint density at radius 3 is 2.37 bits per heavy atom. The number of alkyl halides is 3. The third-order valence-corrected chi connectivity index (χ3v) is 5.18. The predicted molar refractivity (Wildman–Crippen MR) is 93.5 cm³/mol. The van der Waals surface area contributed by atoms with Crippen molar-refractivity contribution in [3.05, 3.63) is 65.6 Å². The van der Waals surface area contributed by atoms with Crippen LogP contribution < -0.4 is 10.1 Å². The second-order valence-corrected chi connectivity index (χ2v) is 7.41. The number of sulfone groups is 1. The highest BCUT2D eigenvalue weighted by atomic mass is 32.2. The van der Waals surface area contributed by atoms with Crippen LogP contribution in [0.1, 0.15) is 11.1 Å². The molecule has 3 rings (SSSR count). The maximum atomic E-state index is 12.3. The third-order valence-electron chi connectivity index (χ3n) is 3.72. The van der Waals surface area contributed by atoms with E-state index in [-0.39, 0.29) is 21.7 Å². The average Bonchev–Trinajstić information content (AvgIpc) is 2.88. The number of anilines is 1. The molecule has 0 radical (unpaired) electrons. The van der Waals surface area contributed by atoms with Crippen molar-refractivity contribution in [3.63, 3.8) is 0 Å². The van der Waals surface area contributed by atoms with E-state index in [4.69, 9.17) is 0 Å². The van der Waals surface area contributed by atoms with Crippen LogP contribution in [0, 0.1) is 0 Å². The fourth-order valence-electron chi connectivity index (χ4n) is 2.43. The van der Waals surface area contributed by atoms with Crippen molar-refractivity contribution in [1.82, 2.24) is 0 Å². The SMILES string of the molecule is C=C(C(=O)Nc1ccc2c(c1)S(=O)(=O)C=C2)c1ccc(OC(F)(F)F)cc1. The summed E-state index contributed by atoms with van der Waals surface area (Å²) >= 11 is 0. The molecule has 0 aromatic heterocycles. The summed E-state index contributed by atoms with van der Waals surface area (Å²) in [4.78, 5) is 12.4. The number of hydrogen-bond donors (Lipinski definition) is 1. The fourth-order valence-corrected chi connectivity index (χ4v) is 3.66. The van der Waals surface area contributed by atoms with Gasteiger partial charge in [-0.25, -0.2) is 8.42 Å². The minimum Gasteiger partial charge on any atom is -0.406 e. The molecule has 1 heterocycles. The molecule has 2 aromatic carbocycles. The van der Waals surface area contributed by atoms with Crippen LogP contribution in [0.15, 0.2) is 59.3 Å². The molecule has 1 aliphatic heterocycles. The van der Waals surface area contributed by atoms with Gasteiger partial charge in [0.25, 0.3) is 5.91 Å². The molecule has 0 spiro atoms. The molecule has 0 bridgehead atoms. The molecule has 0 fully saturated rings. The molecule has 1 N–H and O–H groups in total. The van der Waals surface area contributed by atoms with Crippen molar-refractivity contribution in [2.45, 2.75) is 11.3 Å². The highest BCUT2D eigenvalue weighted by molar-refractivity contribution is 7.94. The molecule has 1 amide bonds. The molecule has 1 aliphatic rings. The zero-order chi connectivity index (χ0) is 19.8. The smallest absolute Gasteiger partial charge is 0.406 e. The zero-order valence-electron chi connectivity index (χ0n) is 13.6. The van der Waals surface area contributed by atoms with Crippen molar-refractivity contribution < 1.29 is 31.1 Å². The predicted octanol–water partition coefficient (Wildman–Crippen LogP) is 4.00. The van der Waals surface area contributed by atoms with Crippen LogP contribution in [0.25, 0.3) is 11.6 Å². The molecule has 140 valence electrons. The summed E-state index contributed by atoms with van der Waals surface area (Å²) in [5.74, 6) is -1.04. The first-order valence-corrected chi connectivity index (χ1v) is 9.03. The van der Waals surface area contributed by atoms with Crippen LogP contribution >= 0.6 is 0 Å². The van der Waals surface area contributed by atoms with E-state index in [0.717, 1.165) is 17.5 Å². The number of carbonyl (C=O) groups excluding carboxylic acids is 1. The lowest BCUT2D eigenvalue weighted by Crippen LogP contribution is -2.17. The summed E-state index contributed by atoms with van der Waals surface area (Å²) in [5.41, 5.74) is 1.06. The Balaban J connectivity index is 1.73. The standard InChI is InChI=1S/C18H12F3NO4S/c1-11(12-3-6-15(7-4-12)26-18(19,20)21)17(23)22-14-5-2-13-8-9-27(24,25)16(13)10-14/h2-10H,1H2,(H,22,23). The summed E-state index contributed by atoms with van der Waals surface area (Å²) in [6, 6.07) is 9.08. The van der Waals surface area contributed by atoms with Crippen molar-refractivity contribution in [1.29, 1.82) is 0 Å². The van der Waals surface area contributed by atoms with E-state index in [0.29, 0.717) is 5.56 Å². The van der Waals surface area contributed by atoms with Crippen LogP contribution in [-0.4, -0.2) is 20.7 Å². The van der Waals surface area contributed by atoms with Crippen LogP contribution in [0.5, 0.6) is 5.75 Å². The van der Waals surface area contributed by atoms with Gasteiger partial charge in [-0.2, -0.15) is 0 Å². The van der Waals surface area contributed by atoms with Gasteiger partial charge in [-0.15, -0.1) is 13.2 Å². The maximum absolute atomic E-state index is 12.3. The Bertz CT molecular complexity index is 1060. The van der Waals surface area contributed by atoms with Crippen molar-refractivity contribution in [2.75, 3.05) is 5.32 Å². The van der Waals surface area contributed by atoms with E-state index in [1.165, 1.54) is 30.3 Å².